The Morgan fingerprint density at radius 3 is 2.79 bits per heavy atom. The molecular weight excluding hydrogens is 202 g/mol. The van der Waals surface area contributed by atoms with E-state index in [1.807, 2.05) is 0 Å². The Hall–Kier alpha value is -0.880. The molecule has 5 nitrogen and oxygen atoms in total. The Labute approximate surface area is 83.1 Å². The highest BCUT2D eigenvalue weighted by molar-refractivity contribution is 7.91. The molecule has 0 atom stereocenters. The first-order valence-electron chi connectivity index (χ1n) is 4.50. The van der Waals surface area contributed by atoms with Crippen LogP contribution in [0.1, 0.15) is 0 Å². The average Bonchev–Trinajstić information content (AvgIpc) is 2.45. The van der Waals surface area contributed by atoms with Gasteiger partial charge in [-0.1, -0.05) is 0 Å². The van der Waals surface area contributed by atoms with Gasteiger partial charge in [-0.05, 0) is 5.92 Å². The molecular formula is C8H13N3O2S. The van der Waals surface area contributed by atoms with E-state index < -0.39 is 9.84 Å². The van der Waals surface area contributed by atoms with Crippen LogP contribution < -0.4 is 5.32 Å². The standard InChI is InChI=1S/C8H13N3O2S/c1-11-3-2-10-8(11)14(12,13)6-7-4-9-5-7/h2-3,7,9H,4-6H2,1H3. The van der Waals surface area contributed by atoms with E-state index in [2.05, 4.69) is 10.3 Å². The zero-order valence-corrected chi connectivity index (χ0v) is 8.79. The molecule has 1 N–H and O–H groups in total. The molecule has 1 fully saturated rings. The van der Waals surface area contributed by atoms with Gasteiger partial charge in [0.2, 0.25) is 15.0 Å². The number of nitrogens with zero attached hydrogens (tertiary/aromatic N) is 2. The number of hydrogen-bond acceptors (Lipinski definition) is 4. The Kier molecular flexibility index (Phi) is 2.32. The molecule has 0 bridgehead atoms. The first kappa shape index (κ1) is 9.67. The maximum atomic E-state index is 11.8. The maximum absolute atomic E-state index is 11.8. The molecule has 0 radical (unpaired) electrons. The van der Waals surface area contributed by atoms with Crippen molar-refractivity contribution in [2.75, 3.05) is 18.8 Å². The SMILES string of the molecule is Cn1ccnc1S(=O)(=O)CC1CNC1. The van der Waals surface area contributed by atoms with Crippen LogP contribution in [0.3, 0.4) is 0 Å². The first-order valence-corrected chi connectivity index (χ1v) is 6.15. The van der Waals surface area contributed by atoms with E-state index in [0.717, 1.165) is 13.1 Å². The number of aryl methyl sites for hydroxylation is 1. The average molecular weight is 215 g/mol. The molecule has 1 saturated heterocycles. The molecule has 0 saturated carbocycles. The summed E-state index contributed by atoms with van der Waals surface area (Å²) in [7, 11) is -1.50. The Balaban J connectivity index is 2.19. The molecule has 0 unspecified atom stereocenters. The number of sulfone groups is 1. The van der Waals surface area contributed by atoms with E-state index in [1.165, 1.54) is 6.20 Å². The van der Waals surface area contributed by atoms with Crippen molar-refractivity contribution >= 4 is 9.84 Å². The molecule has 1 aromatic rings. The molecule has 6 heteroatoms. The second-order valence-electron chi connectivity index (χ2n) is 3.63. The lowest BCUT2D eigenvalue weighted by Crippen LogP contribution is -2.45. The topological polar surface area (TPSA) is 64.0 Å². The molecule has 0 spiro atoms. The van der Waals surface area contributed by atoms with Gasteiger partial charge in [-0.2, -0.15) is 0 Å². The van der Waals surface area contributed by atoms with Gasteiger partial charge in [0.25, 0.3) is 0 Å². The highest BCUT2D eigenvalue weighted by Gasteiger charge is 2.27. The van der Waals surface area contributed by atoms with E-state index in [0.29, 0.717) is 0 Å². The Morgan fingerprint density at radius 1 is 1.64 bits per heavy atom. The summed E-state index contributed by atoms with van der Waals surface area (Å²) < 4.78 is 25.2. The fourth-order valence-electron chi connectivity index (χ4n) is 1.50. The fraction of sp³-hybridized carbons (Fsp3) is 0.625. The minimum atomic E-state index is -3.20. The number of nitrogens with one attached hydrogen (secondary N) is 1. The predicted molar refractivity (Wildman–Crippen MR) is 51.6 cm³/mol. The lowest BCUT2D eigenvalue weighted by atomic mass is 10.1. The van der Waals surface area contributed by atoms with E-state index in [9.17, 15) is 8.42 Å². The lowest BCUT2D eigenvalue weighted by molar-refractivity contribution is 0.377. The predicted octanol–water partition coefficient (Wildman–Crippen LogP) is -0.587. The minimum Gasteiger partial charge on any atom is -0.325 e. The summed E-state index contributed by atoms with van der Waals surface area (Å²) >= 11 is 0. The van der Waals surface area contributed by atoms with Gasteiger partial charge in [-0.25, -0.2) is 13.4 Å². The molecule has 1 aromatic heterocycles. The van der Waals surface area contributed by atoms with Crippen molar-refractivity contribution in [3.8, 4) is 0 Å². The molecule has 14 heavy (non-hydrogen) atoms. The minimum absolute atomic E-state index is 0.171. The summed E-state index contributed by atoms with van der Waals surface area (Å²) in [5, 5.41) is 3.22. The quantitative estimate of drug-likeness (QED) is 0.732. The highest BCUT2D eigenvalue weighted by atomic mass is 32.2. The van der Waals surface area contributed by atoms with Gasteiger partial charge < -0.3 is 9.88 Å². The second kappa shape index (κ2) is 3.36. The summed E-state index contributed by atoms with van der Waals surface area (Å²) in [4.78, 5) is 3.85. The second-order valence-corrected chi connectivity index (χ2v) is 5.55. The smallest absolute Gasteiger partial charge is 0.227 e. The molecule has 1 aliphatic rings. The fourth-order valence-corrected chi connectivity index (χ4v) is 3.23. The summed E-state index contributed by atoms with van der Waals surface area (Å²) in [6.07, 6.45) is 3.15. The van der Waals surface area contributed by atoms with Crippen molar-refractivity contribution in [3.63, 3.8) is 0 Å². The van der Waals surface area contributed by atoms with E-state index in [1.54, 1.807) is 17.8 Å². The van der Waals surface area contributed by atoms with E-state index in [4.69, 9.17) is 0 Å². The third-order valence-corrected chi connectivity index (χ3v) is 4.24. The van der Waals surface area contributed by atoms with Crippen LogP contribution in [0.25, 0.3) is 0 Å². The number of imidazole rings is 1. The zero-order chi connectivity index (χ0) is 10.2. The van der Waals surface area contributed by atoms with Gasteiger partial charge in [0, 0.05) is 32.5 Å². The number of hydrogen-bond donors (Lipinski definition) is 1. The van der Waals surface area contributed by atoms with Crippen LogP contribution in [0.15, 0.2) is 17.6 Å². The summed E-state index contributed by atoms with van der Waals surface area (Å²) in [5.74, 6) is 0.446. The van der Waals surface area contributed by atoms with Gasteiger partial charge in [0.05, 0.1) is 5.75 Å². The number of aromatic nitrogens is 2. The van der Waals surface area contributed by atoms with Crippen LogP contribution in [-0.4, -0.2) is 36.8 Å². The molecule has 2 rings (SSSR count). The monoisotopic (exact) mass is 215 g/mol. The Morgan fingerprint density at radius 2 is 2.36 bits per heavy atom. The van der Waals surface area contributed by atoms with Gasteiger partial charge in [0.15, 0.2) is 0 Å². The van der Waals surface area contributed by atoms with Crippen LogP contribution in [0.2, 0.25) is 0 Å². The van der Waals surface area contributed by atoms with Crippen LogP contribution in [0.5, 0.6) is 0 Å². The van der Waals surface area contributed by atoms with Crippen LogP contribution in [0.4, 0.5) is 0 Å². The third-order valence-electron chi connectivity index (χ3n) is 2.38. The molecule has 0 aliphatic carbocycles. The van der Waals surface area contributed by atoms with Gasteiger partial charge in [-0.3, -0.25) is 0 Å². The summed E-state index contributed by atoms with van der Waals surface area (Å²) in [6.45, 7) is 1.59. The number of rotatable bonds is 3. The van der Waals surface area contributed by atoms with Crippen molar-refractivity contribution in [1.29, 1.82) is 0 Å². The van der Waals surface area contributed by atoms with Crippen molar-refractivity contribution in [3.05, 3.63) is 12.4 Å². The summed E-state index contributed by atoms with van der Waals surface area (Å²) in [5.41, 5.74) is 0. The van der Waals surface area contributed by atoms with Crippen molar-refractivity contribution < 1.29 is 8.42 Å². The van der Waals surface area contributed by atoms with Crippen LogP contribution in [0, 0.1) is 5.92 Å². The largest absolute Gasteiger partial charge is 0.325 e. The van der Waals surface area contributed by atoms with E-state index in [-0.39, 0.29) is 16.8 Å². The molecule has 0 amide bonds. The van der Waals surface area contributed by atoms with Crippen molar-refractivity contribution in [2.45, 2.75) is 5.16 Å². The molecule has 1 aliphatic heterocycles. The third kappa shape index (κ3) is 1.67. The van der Waals surface area contributed by atoms with E-state index >= 15 is 0 Å². The van der Waals surface area contributed by atoms with Gasteiger partial charge in [-0.15, -0.1) is 0 Å². The normalized spacial score (nSPS) is 18.1. The highest BCUT2D eigenvalue weighted by Crippen LogP contribution is 2.13. The van der Waals surface area contributed by atoms with Crippen LogP contribution in [-0.2, 0) is 16.9 Å². The van der Waals surface area contributed by atoms with Crippen LogP contribution >= 0.6 is 0 Å². The van der Waals surface area contributed by atoms with Crippen molar-refractivity contribution in [2.24, 2.45) is 13.0 Å². The molecule has 78 valence electrons. The van der Waals surface area contributed by atoms with Gasteiger partial charge >= 0.3 is 0 Å². The summed E-state index contributed by atoms with van der Waals surface area (Å²) in [6, 6.07) is 0. The van der Waals surface area contributed by atoms with Crippen molar-refractivity contribution in [1.82, 2.24) is 14.9 Å². The Bertz CT molecular complexity index is 420. The van der Waals surface area contributed by atoms with Gasteiger partial charge in [0.1, 0.15) is 0 Å². The lowest BCUT2D eigenvalue weighted by Gasteiger charge is -2.26. The molecule has 0 aromatic carbocycles. The first-order chi connectivity index (χ1) is 6.59. The molecule has 2 heterocycles. The maximum Gasteiger partial charge on any atom is 0.227 e. The zero-order valence-electron chi connectivity index (χ0n) is 7.97.